The highest BCUT2D eigenvalue weighted by Crippen LogP contribution is 2.34. The minimum Gasteiger partial charge on any atom is -0.390 e. The molecule has 3 rings (SSSR count). The van der Waals surface area contributed by atoms with Crippen LogP contribution in [-0.4, -0.2) is 51.0 Å². The number of hydrogen-bond donors (Lipinski definition) is 1. The molecule has 5 atom stereocenters. The summed E-state index contributed by atoms with van der Waals surface area (Å²) in [5.41, 5.74) is 0.955. The summed E-state index contributed by atoms with van der Waals surface area (Å²) in [4.78, 5) is 0. The Labute approximate surface area is 144 Å². The van der Waals surface area contributed by atoms with E-state index < -0.39 is 20.5 Å². The smallest absolute Gasteiger partial charge is 0.184 e. The van der Waals surface area contributed by atoms with Gasteiger partial charge in [-0.3, -0.25) is 0 Å². The molecule has 5 nitrogen and oxygen atoms in total. The zero-order valence-electron chi connectivity index (χ0n) is 14.7. The molecule has 0 bridgehead atoms. The summed E-state index contributed by atoms with van der Waals surface area (Å²) >= 11 is 0. The number of aliphatic hydroxyl groups excluding tert-OH is 1. The Morgan fingerprint density at radius 3 is 2.62 bits per heavy atom. The zero-order chi connectivity index (χ0) is 17.2. The van der Waals surface area contributed by atoms with Gasteiger partial charge in [0.05, 0.1) is 12.7 Å². The first-order valence-corrected chi connectivity index (χ1v) is 12.4. The summed E-state index contributed by atoms with van der Waals surface area (Å²) in [6.45, 7) is 8.02. The topological polar surface area (TPSA) is 57.2 Å². The van der Waals surface area contributed by atoms with Gasteiger partial charge in [0, 0.05) is 26.7 Å². The Kier molecular flexibility index (Phi) is 5.74. The van der Waals surface area contributed by atoms with Crippen LogP contribution in [0.1, 0.15) is 18.3 Å². The van der Waals surface area contributed by atoms with Gasteiger partial charge in [-0.25, -0.2) is 0 Å². The maximum Gasteiger partial charge on any atom is 0.184 e. The van der Waals surface area contributed by atoms with Crippen molar-refractivity contribution in [3.8, 4) is 0 Å². The molecule has 2 aliphatic heterocycles. The van der Waals surface area contributed by atoms with E-state index in [1.807, 2.05) is 30.3 Å². The van der Waals surface area contributed by atoms with E-state index >= 15 is 0 Å². The monoisotopic (exact) mass is 352 g/mol. The van der Waals surface area contributed by atoms with E-state index in [-0.39, 0.29) is 18.5 Å². The molecule has 0 aliphatic carbocycles. The largest absolute Gasteiger partial charge is 0.390 e. The van der Waals surface area contributed by atoms with Gasteiger partial charge in [-0.1, -0.05) is 50.0 Å². The van der Waals surface area contributed by atoms with Gasteiger partial charge in [-0.2, -0.15) is 0 Å². The Morgan fingerprint density at radius 1 is 1.17 bits per heavy atom. The van der Waals surface area contributed by atoms with Crippen molar-refractivity contribution in [1.29, 1.82) is 0 Å². The van der Waals surface area contributed by atoms with Crippen LogP contribution < -0.4 is 0 Å². The average molecular weight is 353 g/mol. The van der Waals surface area contributed by atoms with Gasteiger partial charge < -0.3 is 24.1 Å². The third-order valence-electron chi connectivity index (χ3n) is 4.43. The highest BCUT2D eigenvalue weighted by Gasteiger charge is 2.44. The highest BCUT2D eigenvalue weighted by molar-refractivity contribution is 6.76. The molecule has 2 aliphatic rings. The lowest BCUT2D eigenvalue weighted by Crippen LogP contribution is -2.55. The van der Waals surface area contributed by atoms with Crippen molar-refractivity contribution in [2.75, 3.05) is 13.2 Å². The van der Waals surface area contributed by atoms with E-state index in [0.29, 0.717) is 19.6 Å². The molecule has 2 heterocycles. The average Bonchev–Trinajstić information content (AvgIpc) is 2.54. The van der Waals surface area contributed by atoms with Gasteiger partial charge in [-0.15, -0.1) is 0 Å². The fourth-order valence-corrected chi connectivity index (χ4v) is 3.70. The summed E-state index contributed by atoms with van der Waals surface area (Å²) < 4.78 is 23.5. The third-order valence-corrected chi connectivity index (χ3v) is 6.13. The van der Waals surface area contributed by atoms with Crippen LogP contribution in [0.5, 0.6) is 0 Å². The lowest BCUT2D eigenvalue weighted by atomic mass is 10.0. The van der Waals surface area contributed by atoms with Crippen molar-refractivity contribution in [3.05, 3.63) is 35.9 Å². The second kappa shape index (κ2) is 7.64. The van der Waals surface area contributed by atoms with Crippen molar-refractivity contribution in [2.24, 2.45) is 0 Å². The number of rotatable bonds is 5. The lowest BCUT2D eigenvalue weighted by Gasteiger charge is -2.44. The molecule has 2 unspecified atom stereocenters. The van der Waals surface area contributed by atoms with Crippen LogP contribution in [0.2, 0.25) is 25.7 Å². The first kappa shape index (κ1) is 18.0. The second-order valence-corrected chi connectivity index (χ2v) is 13.4. The Balaban J connectivity index is 1.53. The van der Waals surface area contributed by atoms with Crippen LogP contribution in [0, 0.1) is 0 Å². The molecule has 2 saturated heterocycles. The molecule has 1 aromatic rings. The Morgan fingerprint density at radius 2 is 1.92 bits per heavy atom. The van der Waals surface area contributed by atoms with Crippen LogP contribution in [0.3, 0.4) is 0 Å². The Bertz CT molecular complexity index is 518. The molecule has 0 aromatic heterocycles. The number of hydrogen-bond acceptors (Lipinski definition) is 5. The lowest BCUT2D eigenvalue weighted by molar-refractivity contribution is -0.336. The van der Waals surface area contributed by atoms with Crippen molar-refractivity contribution in [3.63, 3.8) is 0 Å². The van der Waals surface area contributed by atoms with Gasteiger partial charge in [-0.05, 0) is 6.04 Å². The molecule has 1 aromatic carbocycles. The van der Waals surface area contributed by atoms with E-state index in [1.54, 1.807) is 0 Å². The quantitative estimate of drug-likeness (QED) is 0.826. The van der Waals surface area contributed by atoms with E-state index in [0.717, 1.165) is 11.6 Å². The maximum atomic E-state index is 10.5. The van der Waals surface area contributed by atoms with Crippen molar-refractivity contribution in [1.82, 2.24) is 0 Å². The zero-order valence-corrected chi connectivity index (χ0v) is 15.7. The fraction of sp³-hybridized carbons (Fsp3) is 0.667. The molecule has 134 valence electrons. The molecule has 0 saturated carbocycles. The fourth-order valence-electron chi connectivity index (χ4n) is 2.97. The first-order chi connectivity index (χ1) is 11.4. The predicted molar refractivity (Wildman–Crippen MR) is 93.4 cm³/mol. The molecule has 2 fully saturated rings. The highest BCUT2D eigenvalue weighted by atomic mass is 28.3. The van der Waals surface area contributed by atoms with Gasteiger partial charge >= 0.3 is 0 Å². The predicted octanol–water partition coefficient (Wildman–Crippen LogP) is 2.93. The summed E-state index contributed by atoms with van der Waals surface area (Å²) in [6, 6.07) is 10.9. The molecule has 0 spiro atoms. The van der Waals surface area contributed by atoms with Crippen LogP contribution in [0.4, 0.5) is 0 Å². The summed E-state index contributed by atoms with van der Waals surface area (Å²) in [5, 5.41) is 10.5. The molecular weight excluding hydrogens is 324 g/mol. The third kappa shape index (κ3) is 4.65. The van der Waals surface area contributed by atoms with Gasteiger partial charge in [0.15, 0.2) is 12.6 Å². The van der Waals surface area contributed by atoms with Crippen LogP contribution in [0.25, 0.3) is 0 Å². The molecule has 6 heteroatoms. The SMILES string of the molecule is C[Si](C)(C)CCOC1C[C@@H](O)[C@@H]2OC(c3ccccc3)OC[C@H]2O1. The number of aliphatic hydroxyl groups is 1. The molecule has 1 N–H and O–H groups in total. The molecule has 0 amide bonds. The minimum absolute atomic E-state index is 0.286. The normalized spacial score (nSPS) is 33.9. The summed E-state index contributed by atoms with van der Waals surface area (Å²) in [6.07, 6.45) is -1.65. The van der Waals surface area contributed by atoms with Crippen molar-refractivity contribution in [2.45, 2.75) is 63.0 Å². The number of fused-ring (bicyclic) bond motifs is 1. The molecule has 0 radical (unpaired) electrons. The number of benzene rings is 1. The second-order valence-electron chi connectivity index (χ2n) is 7.77. The van der Waals surface area contributed by atoms with E-state index in [2.05, 4.69) is 19.6 Å². The molecule has 24 heavy (non-hydrogen) atoms. The summed E-state index contributed by atoms with van der Waals surface area (Å²) in [5.74, 6) is 0. The Hall–Kier alpha value is -0.763. The summed E-state index contributed by atoms with van der Waals surface area (Å²) in [7, 11) is -1.13. The number of ether oxygens (including phenoxy) is 4. The standard InChI is InChI=1S/C18H28O5Si/c1-24(2,3)10-9-20-16-11-14(19)17-15(22-16)12-21-18(23-17)13-7-5-4-6-8-13/h4-8,14-19H,9-12H2,1-3H3/t14-,15-,16?,17+,18?/m1/s1. The maximum absolute atomic E-state index is 10.5. The van der Waals surface area contributed by atoms with Crippen molar-refractivity contribution < 1.29 is 24.1 Å². The van der Waals surface area contributed by atoms with Crippen LogP contribution in [-0.2, 0) is 18.9 Å². The van der Waals surface area contributed by atoms with E-state index in [4.69, 9.17) is 18.9 Å². The molecular formula is C18H28O5Si. The van der Waals surface area contributed by atoms with Gasteiger partial charge in [0.25, 0.3) is 0 Å². The minimum atomic E-state index is -1.13. The van der Waals surface area contributed by atoms with E-state index in [9.17, 15) is 5.11 Å². The van der Waals surface area contributed by atoms with Crippen molar-refractivity contribution >= 4 is 8.07 Å². The van der Waals surface area contributed by atoms with E-state index in [1.165, 1.54) is 0 Å². The van der Waals surface area contributed by atoms with Crippen LogP contribution in [0.15, 0.2) is 30.3 Å². The first-order valence-electron chi connectivity index (χ1n) is 8.69. The van der Waals surface area contributed by atoms with Crippen LogP contribution >= 0.6 is 0 Å². The van der Waals surface area contributed by atoms with Gasteiger partial charge in [0.1, 0.15) is 12.2 Å². The van der Waals surface area contributed by atoms with Gasteiger partial charge in [0.2, 0.25) is 0 Å².